The number of benzene rings is 1. The highest BCUT2D eigenvalue weighted by molar-refractivity contribution is 7.14. The predicted octanol–water partition coefficient (Wildman–Crippen LogP) is 3.94. The van der Waals surface area contributed by atoms with E-state index in [9.17, 15) is 18.0 Å². The molecule has 0 spiro atoms. The lowest BCUT2D eigenvalue weighted by molar-refractivity contribution is 0.102. The Hall–Kier alpha value is -1.89. The Bertz CT molecular complexity index is 632. The highest BCUT2D eigenvalue weighted by Crippen LogP contribution is 2.22. The van der Waals surface area contributed by atoms with Crippen LogP contribution in [0.3, 0.4) is 0 Å². The van der Waals surface area contributed by atoms with Crippen LogP contribution in [-0.2, 0) is 0 Å². The van der Waals surface area contributed by atoms with Crippen molar-refractivity contribution in [1.82, 2.24) is 4.98 Å². The van der Waals surface area contributed by atoms with Gasteiger partial charge < -0.3 is 0 Å². The van der Waals surface area contributed by atoms with Gasteiger partial charge in [0.15, 0.2) is 22.6 Å². The maximum absolute atomic E-state index is 13.0. The van der Waals surface area contributed by atoms with E-state index in [0.717, 1.165) is 5.69 Å². The molecule has 0 aliphatic carbocycles. The third kappa shape index (κ3) is 2.98. The molecule has 0 unspecified atom stereocenters. The summed E-state index contributed by atoms with van der Waals surface area (Å²) in [5, 5.41) is 4.53. The molecule has 0 fully saturated rings. The minimum atomic E-state index is -1.60. The molecule has 3 nitrogen and oxygen atoms in total. The van der Waals surface area contributed by atoms with E-state index in [4.69, 9.17) is 0 Å². The summed E-state index contributed by atoms with van der Waals surface area (Å²) >= 11 is 1.21. The average Bonchev–Trinajstić information content (AvgIpc) is 2.84. The Labute approximate surface area is 117 Å². The molecule has 1 heterocycles. The van der Waals surface area contributed by atoms with E-state index < -0.39 is 23.4 Å². The number of nitrogens with one attached hydrogen (secondary N) is 1. The number of hydrogen-bond acceptors (Lipinski definition) is 3. The van der Waals surface area contributed by atoms with Gasteiger partial charge in [-0.1, -0.05) is 13.8 Å². The monoisotopic (exact) mass is 300 g/mol. The fourth-order valence-corrected chi connectivity index (χ4v) is 2.33. The average molecular weight is 300 g/mol. The van der Waals surface area contributed by atoms with Gasteiger partial charge in [-0.05, 0) is 18.1 Å². The summed E-state index contributed by atoms with van der Waals surface area (Å²) in [6, 6.07) is 1.29. The van der Waals surface area contributed by atoms with Crippen molar-refractivity contribution in [2.75, 3.05) is 5.32 Å². The maximum Gasteiger partial charge on any atom is 0.257 e. The van der Waals surface area contributed by atoms with Crippen molar-refractivity contribution in [3.63, 3.8) is 0 Å². The number of thiazole rings is 1. The lowest BCUT2D eigenvalue weighted by atomic mass is 10.2. The molecular weight excluding hydrogens is 289 g/mol. The van der Waals surface area contributed by atoms with E-state index in [1.165, 1.54) is 11.3 Å². The zero-order valence-electron chi connectivity index (χ0n) is 10.7. The molecule has 2 rings (SSSR count). The smallest absolute Gasteiger partial charge is 0.257 e. The van der Waals surface area contributed by atoms with Gasteiger partial charge in [0.25, 0.3) is 5.91 Å². The van der Waals surface area contributed by atoms with Gasteiger partial charge in [-0.25, -0.2) is 18.2 Å². The molecule has 0 radical (unpaired) electrons. The van der Waals surface area contributed by atoms with E-state index in [2.05, 4.69) is 10.3 Å². The number of amides is 1. The SMILES string of the molecule is CC(C)c1csc(NC(=O)c2cc(F)c(F)c(F)c2)n1. The largest absolute Gasteiger partial charge is 0.298 e. The standard InChI is InChI=1S/C13H11F3N2OS/c1-6(2)10-5-20-13(17-10)18-12(19)7-3-8(14)11(16)9(15)4-7/h3-6H,1-2H3,(H,17,18,19). The van der Waals surface area contributed by atoms with Crippen LogP contribution in [0.2, 0.25) is 0 Å². The van der Waals surface area contributed by atoms with Crippen molar-refractivity contribution >= 4 is 22.4 Å². The van der Waals surface area contributed by atoms with Crippen LogP contribution in [0, 0.1) is 17.5 Å². The Morgan fingerprint density at radius 1 is 1.25 bits per heavy atom. The minimum Gasteiger partial charge on any atom is -0.298 e. The first-order chi connectivity index (χ1) is 9.38. The number of carbonyl (C=O) groups excluding carboxylic acids is 1. The minimum absolute atomic E-state index is 0.206. The number of halogens is 3. The van der Waals surface area contributed by atoms with Crippen LogP contribution in [-0.4, -0.2) is 10.9 Å². The third-order valence-electron chi connectivity index (χ3n) is 2.58. The second kappa shape index (κ2) is 5.62. The summed E-state index contributed by atoms with van der Waals surface area (Å²) in [6.45, 7) is 3.90. The van der Waals surface area contributed by atoms with Crippen LogP contribution in [0.5, 0.6) is 0 Å². The van der Waals surface area contributed by atoms with Crippen molar-refractivity contribution in [3.8, 4) is 0 Å². The number of aromatic nitrogens is 1. The highest BCUT2D eigenvalue weighted by atomic mass is 32.1. The van der Waals surface area contributed by atoms with Gasteiger partial charge in [-0.2, -0.15) is 0 Å². The summed E-state index contributed by atoms with van der Waals surface area (Å²) in [7, 11) is 0. The summed E-state index contributed by atoms with van der Waals surface area (Å²) in [5.74, 6) is -4.95. The van der Waals surface area contributed by atoms with Crippen LogP contribution in [0.1, 0.15) is 35.8 Å². The van der Waals surface area contributed by atoms with E-state index in [1.807, 2.05) is 13.8 Å². The number of rotatable bonds is 3. The van der Waals surface area contributed by atoms with Crippen LogP contribution in [0.4, 0.5) is 18.3 Å². The van der Waals surface area contributed by atoms with Crippen LogP contribution in [0.15, 0.2) is 17.5 Å². The zero-order valence-corrected chi connectivity index (χ0v) is 11.5. The molecule has 1 aromatic heterocycles. The fourth-order valence-electron chi connectivity index (χ4n) is 1.46. The molecule has 1 aromatic carbocycles. The maximum atomic E-state index is 13.0. The van der Waals surface area contributed by atoms with Gasteiger partial charge in [-0.3, -0.25) is 10.1 Å². The van der Waals surface area contributed by atoms with Crippen molar-refractivity contribution in [2.24, 2.45) is 0 Å². The fraction of sp³-hybridized carbons (Fsp3) is 0.231. The molecule has 0 aliphatic heterocycles. The molecule has 7 heteroatoms. The van der Waals surface area contributed by atoms with E-state index in [0.29, 0.717) is 17.3 Å². The summed E-state index contributed by atoms with van der Waals surface area (Å²) in [4.78, 5) is 16.0. The third-order valence-corrected chi connectivity index (χ3v) is 3.36. The molecule has 0 atom stereocenters. The summed E-state index contributed by atoms with van der Waals surface area (Å²) in [5.41, 5.74) is 0.504. The first kappa shape index (κ1) is 14.5. The number of anilines is 1. The van der Waals surface area contributed by atoms with E-state index in [-0.39, 0.29) is 11.5 Å². The number of nitrogens with zero attached hydrogens (tertiary/aromatic N) is 1. The molecule has 1 N–H and O–H groups in total. The van der Waals surface area contributed by atoms with Crippen molar-refractivity contribution < 1.29 is 18.0 Å². The van der Waals surface area contributed by atoms with E-state index >= 15 is 0 Å². The van der Waals surface area contributed by atoms with Gasteiger partial charge in [-0.15, -0.1) is 11.3 Å². The summed E-state index contributed by atoms with van der Waals surface area (Å²) in [6.07, 6.45) is 0. The first-order valence-corrected chi connectivity index (χ1v) is 6.67. The van der Waals surface area contributed by atoms with Crippen LogP contribution < -0.4 is 5.32 Å². The normalized spacial score (nSPS) is 10.9. The quantitative estimate of drug-likeness (QED) is 0.872. The Kier molecular flexibility index (Phi) is 4.08. The molecule has 1 amide bonds. The Balaban J connectivity index is 2.19. The van der Waals surface area contributed by atoms with Crippen LogP contribution in [0.25, 0.3) is 0 Å². The second-order valence-electron chi connectivity index (χ2n) is 4.44. The van der Waals surface area contributed by atoms with Gasteiger partial charge in [0.05, 0.1) is 5.69 Å². The zero-order chi connectivity index (χ0) is 14.9. The van der Waals surface area contributed by atoms with Crippen LogP contribution >= 0.6 is 11.3 Å². The highest BCUT2D eigenvalue weighted by Gasteiger charge is 2.16. The number of hydrogen-bond donors (Lipinski definition) is 1. The topological polar surface area (TPSA) is 42.0 Å². The van der Waals surface area contributed by atoms with E-state index in [1.54, 1.807) is 5.38 Å². The Morgan fingerprint density at radius 3 is 2.35 bits per heavy atom. The van der Waals surface area contributed by atoms with Crippen molar-refractivity contribution in [1.29, 1.82) is 0 Å². The lowest BCUT2D eigenvalue weighted by Crippen LogP contribution is -2.13. The first-order valence-electron chi connectivity index (χ1n) is 5.79. The molecule has 20 heavy (non-hydrogen) atoms. The molecule has 0 saturated carbocycles. The van der Waals surface area contributed by atoms with Crippen molar-refractivity contribution in [3.05, 3.63) is 46.2 Å². The molecule has 106 valence electrons. The van der Waals surface area contributed by atoms with Gasteiger partial charge >= 0.3 is 0 Å². The molecule has 0 bridgehead atoms. The lowest BCUT2D eigenvalue weighted by Gasteiger charge is -2.03. The Morgan fingerprint density at radius 2 is 1.85 bits per heavy atom. The molecular formula is C13H11F3N2OS. The number of carbonyl (C=O) groups is 1. The van der Waals surface area contributed by atoms with Gasteiger partial charge in [0.2, 0.25) is 0 Å². The van der Waals surface area contributed by atoms with Gasteiger partial charge in [0.1, 0.15) is 0 Å². The molecule has 0 aliphatic rings. The summed E-state index contributed by atoms with van der Waals surface area (Å²) < 4.78 is 38.9. The predicted molar refractivity (Wildman–Crippen MR) is 70.5 cm³/mol. The molecule has 2 aromatic rings. The second-order valence-corrected chi connectivity index (χ2v) is 5.30. The molecule has 0 saturated heterocycles. The van der Waals surface area contributed by atoms with Crippen molar-refractivity contribution in [2.45, 2.75) is 19.8 Å². The van der Waals surface area contributed by atoms with Gasteiger partial charge in [0, 0.05) is 10.9 Å².